The molecule has 0 aromatic rings. The molecule has 0 unspecified atom stereocenters. The van der Waals surface area contributed by atoms with Crippen molar-refractivity contribution in [3.05, 3.63) is 0 Å². The van der Waals surface area contributed by atoms with E-state index >= 15 is 0 Å². The summed E-state index contributed by atoms with van der Waals surface area (Å²) >= 11 is 4.58. The van der Waals surface area contributed by atoms with Crippen molar-refractivity contribution in [2.45, 2.75) is 24.2 Å². The van der Waals surface area contributed by atoms with Crippen molar-refractivity contribution >= 4 is 16.8 Å². The lowest BCUT2D eigenvalue weighted by Crippen LogP contribution is -2.54. The number of hydrogen-bond donors (Lipinski definition) is 5. The van der Waals surface area contributed by atoms with Crippen LogP contribution in [0.15, 0.2) is 0 Å². The van der Waals surface area contributed by atoms with Crippen molar-refractivity contribution in [2.24, 2.45) is 0 Å². The van der Waals surface area contributed by atoms with Crippen LogP contribution in [-0.2, 0) is 4.79 Å². The molecule has 0 aliphatic heterocycles. The average Bonchev–Trinajstić information content (AvgIpc) is 2.13. The maximum atomic E-state index is 12.8. The van der Waals surface area contributed by atoms with Crippen molar-refractivity contribution in [1.82, 2.24) is 0 Å². The maximum Gasteiger partial charge on any atom is 0.310 e. The molecule has 0 saturated heterocycles. The molecule has 0 saturated carbocycles. The van der Waals surface area contributed by atoms with Crippen LogP contribution in [-0.4, -0.2) is 61.5 Å². The zero-order chi connectivity index (χ0) is 11.5. The summed E-state index contributed by atoms with van der Waals surface area (Å²) in [7, 11) is 0. The van der Waals surface area contributed by atoms with Crippen molar-refractivity contribution in [3.8, 4) is 0 Å². The van der Waals surface area contributed by atoms with Crippen LogP contribution in [0, 0.1) is 0 Å². The van der Waals surface area contributed by atoms with Crippen LogP contribution in [0.2, 0.25) is 0 Å². The van der Waals surface area contributed by atoms with Gasteiger partial charge in [0.15, 0.2) is 0 Å². The Morgan fingerprint density at radius 2 is 1.86 bits per heavy atom. The van der Waals surface area contributed by atoms with Crippen LogP contribution in [0.5, 0.6) is 0 Å². The molecule has 0 spiro atoms. The fraction of sp³-hybridized carbons (Fsp3) is 0.833. The van der Waals surface area contributed by atoms with Crippen LogP contribution in [0.25, 0.3) is 0 Å². The molecule has 0 aliphatic carbocycles. The summed E-state index contributed by atoms with van der Waals surface area (Å²) in [6.45, 7) is -0.981. The zero-order valence-corrected chi connectivity index (χ0v) is 7.60. The van der Waals surface area contributed by atoms with E-state index in [4.69, 9.17) is 25.5 Å². The SMILES string of the molecule is O=C(Cl)[C@](O)(F)[C@H](O)[C@@H](O)[C@H](O)CO. The Hall–Kier alpha value is -0.310. The molecule has 5 N–H and O–H groups in total. The van der Waals surface area contributed by atoms with E-state index < -0.39 is 36.0 Å². The fourth-order valence-electron chi connectivity index (χ4n) is 0.661. The number of carbonyl (C=O) groups is 1. The van der Waals surface area contributed by atoms with E-state index in [9.17, 15) is 9.18 Å². The van der Waals surface area contributed by atoms with Gasteiger partial charge in [-0.15, -0.1) is 0 Å². The highest BCUT2D eigenvalue weighted by Crippen LogP contribution is 2.20. The number of rotatable bonds is 5. The molecule has 6 nitrogen and oxygen atoms in total. The van der Waals surface area contributed by atoms with Gasteiger partial charge in [-0.3, -0.25) is 4.79 Å². The van der Waals surface area contributed by atoms with Crippen molar-refractivity contribution in [3.63, 3.8) is 0 Å². The zero-order valence-electron chi connectivity index (χ0n) is 6.84. The van der Waals surface area contributed by atoms with Crippen molar-refractivity contribution in [2.75, 3.05) is 6.61 Å². The lowest BCUT2D eigenvalue weighted by atomic mass is 10.0. The Morgan fingerprint density at radius 1 is 1.43 bits per heavy atom. The average molecular weight is 233 g/mol. The Morgan fingerprint density at radius 3 is 2.14 bits per heavy atom. The lowest BCUT2D eigenvalue weighted by molar-refractivity contribution is -0.208. The fourth-order valence-corrected chi connectivity index (χ4v) is 0.773. The van der Waals surface area contributed by atoms with Crippen LogP contribution < -0.4 is 0 Å². The third kappa shape index (κ3) is 2.84. The predicted molar refractivity (Wildman–Crippen MR) is 42.0 cm³/mol. The molecular formula is C6H10ClFO6. The third-order valence-electron chi connectivity index (χ3n) is 1.57. The van der Waals surface area contributed by atoms with Gasteiger partial charge >= 0.3 is 5.85 Å². The van der Waals surface area contributed by atoms with Gasteiger partial charge in [0.2, 0.25) is 0 Å². The topological polar surface area (TPSA) is 118 Å². The second-order valence-electron chi connectivity index (χ2n) is 2.63. The summed E-state index contributed by atoms with van der Waals surface area (Å²) in [5.74, 6) is -3.88. The minimum absolute atomic E-state index is 0.981. The Balaban J connectivity index is 4.60. The summed E-state index contributed by atoms with van der Waals surface area (Å²) in [5.41, 5.74) is 0. The van der Waals surface area contributed by atoms with Gasteiger partial charge in [-0.05, 0) is 11.6 Å². The van der Waals surface area contributed by atoms with E-state index in [-0.39, 0.29) is 0 Å². The monoisotopic (exact) mass is 232 g/mol. The van der Waals surface area contributed by atoms with Gasteiger partial charge in [0.1, 0.15) is 18.3 Å². The van der Waals surface area contributed by atoms with E-state index in [1.165, 1.54) is 0 Å². The summed E-state index contributed by atoms with van der Waals surface area (Å²) in [5, 5.41) is 41.5. The molecule has 0 aromatic carbocycles. The first-order valence-electron chi connectivity index (χ1n) is 3.51. The van der Waals surface area contributed by atoms with Gasteiger partial charge in [0.25, 0.3) is 5.24 Å². The van der Waals surface area contributed by atoms with E-state index in [1.54, 1.807) is 0 Å². The molecule has 0 aliphatic rings. The number of halogens is 2. The molecule has 0 rings (SSSR count). The molecule has 0 aromatic heterocycles. The maximum absolute atomic E-state index is 12.8. The van der Waals surface area contributed by atoms with Crippen LogP contribution in [0.4, 0.5) is 4.39 Å². The van der Waals surface area contributed by atoms with E-state index in [0.29, 0.717) is 0 Å². The first kappa shape index (κ1) is 13.7. The van der Waals surface area contributed by atoms with Gasteiger partial charge in [-0.25, -0.2) is 0 Å². The van der Waals surface area contributed by atoms with Gasteiger partial charge in [0, 0.05) is 0 Å². The minimum atomic E-state index is -3.88. The largest absolute Gasteiger partial charge is 0.394 e. The highest BCUT2D eigenvalue weighted by molar-refractivity contribution is 6.65. The molecule has 0 bridgehead atoms. The normalized spacial score (nSPS) is 22.2. The molecule has 0 fully saturated rings. The van der Waals surface area contributed by atoms with Crippen LogP contribution in [0.1, 0.15) is 0 Å². The van der Waals surface area contributed by atoms with E-state index in [0.717, 1.165) is 0 Å². The van der Waals surface area contributed by atoms with Crippen LogP contribution in [0.3, 0.4) is 0 Å². The molecule has 84 valence electrons. The summed E-state index contributed by atoms with van der Waals surface area (Å²) in [6.07, 6.45) is -6.78. The molecule has 0 heterocycles. The van der Waals surface area contributed by atoms with E-state index in [1.807, 2.05) is 0 Å². The van der Waals surface area contributed by atoms with Crippen molar-refractivity contribution < 1.29 is 34.7 Å². The molecule has 4 atom stereocenters. The molecule has 0 amide bonds. The molecular weight excluding hydrogens is 223 g/mol. The number of hydrogen-bond acceptors (Lipinski definition) is 6. The second kappa shape index (κ2) is 4.96. The number of aliphatic hydroxyl groups excluding tert-OH is 4. The Kier molecular flexibility index (Phi) is 4.85. The molecule has 0 radical (unpaired) electrons. The van der Waals surface area contributed by atoms with Crippen molar-refractivity contribution in [1.29, 1.82) is 0 Å². The first-order valence-corrected chi connectivity index (χ1v) is 3.89. The predicted octanol–water partition coefficient (Wildman–Crippen LogP) is -2.52. The van der Waals surface area contributed by atoms with Crippen LogP contribution >= 0.6 is 11.6 Å². The number of aliphatic hydroxyl groups is 5. The number of alkyl halides is 1. The number of carbonyl (C=O) groups excluding carboxylic acids is 1. The third-order valence-corrected chi connectivity index (χ3v) is 1.84. The highest BCUT2D eigenvalue weighted by atomic mass is 35.5. The minimum Gasteiger partial charge on any atom is -0.394 e. The van der Waals surface area contributed by atoms with Gasteiger partial charge in [0.05, 0.1) is 6.61 Å². The van der Waals surface area contributed by atoms with E-state index in [2.05, 4.69) is 11.6 Å². The Bertz CT molecular complexity index is 210. The quantitative estimate of drug-likeness (QED) is 0.334. The molecule has 8 heteroatoms. The summed E-state index contributed by atoms with van der Waals surface area (Å²) < 4.78 is 12.8. The van der Waals surface area contributed by atoms with Gasteiger partial charge < -0.3 is 25.5 Å². The van der Waals surface area contributed by atoms with Gasteiger partial charge in [-0.1, -0.05) is 0 Å². The first-order chi connectivity index (χ1) is 6.25. The lowest BCUT2D eigenvalue weighted by Gasteiger charge is -2.27. The second-order valence-corrected chi connectivity index (χ2v) is 2.98. The standard InChI is InChI=1S/C6H10ClFO6/c7-5(13)6(8,14)4(12)3(11)2(10)1-9/h2-4,9-12,14H,1H2/t2-,3+,4-,6+/m1/s1. The van der Waals surface area contributed by atoms with Gasteiger partial charge in [-0.2, -0.15) is 4.39 Å². The Labute approximate surface area is 83.2 Å². The summed E-state index contributed by atoms with van der Waals surface area (Å²) in [6, 6.07) is 0. The smallest absolute Gasteiger partial charge is 0.310 e. The summed E-state index contributed by atoms with van der Waals surface area (Å²) in [4.78, 5) is 10.2. The molecule has 14 heavy (non-hydrogen) atoms. The highest BCUT2D eigenvalue weighted by Gasteiger charge is 2.48.